The molecule has 8 heteroatoms. The average Bonchev–Trinajstić information content (AvgIpc) is 2.53. The van der Waals surface area contributed by atoms with Gasteiger partial charge >= 0.3 is 0 Å². The Hall–Kier alpha value is -1.48. The zero-order valence-electron chi connectivity index (χ0n) is 12.9. The van der Waals surface area contributed by atoms with Gasteiger partial charge in [0.05, 0.1) is 0 Å². The van der Waals surface area contributed by atoms with Crippen molar-refractivity contribution in [1.82, 2.24) is 19.2 Å². The van der Waals surface area contributed by atoms with E-state index in [1.165, 1.54) is 4.31 Å². The molecule has 122 valence electrons. The van der Waals surface area contributed by atoms with Gasteiger partial charge in [0.15, 0.2) is 0 Å². The van der Waals surface area contributed by atoms with E-state index >= 15 is 0 Å². The Morgan fingerprint density at radius 1 is 1.23 bits per heavy atom. The summed E-state index contributed by atoms with van der Waals surface area (Å²) < 4.78 is 28.6. The van der Waals surface area contributed by atoms with Crippen LogP contribution in [-0.4, -0.2) is 63.8 Å². The van der Waals surface area contributed by atoms with Crippen molar-refractivity contribution in [2.45, 2.75) is 6.54 Å². The summed E-state index contributed by atoms with van der Waals surface area (Å²) in [6, 6.07) is 6.91. The molecule has 1 aromatic carbocycles. The predicted octanol–water partition coefficient (Wildman–Crippen LogP) is -0.372. The third-order valence-corrected chi connectivity index (χ3v) is 5.23. The molecule has 2 rings (SSSR count). The maximum absolute atomic E-state index is 12.3. The normalized spacial score (nSPS) is 17.4. The topological polar surface area (TPSA) is 81.8 Å². The summed E-state index contributed by atoms with van der Waals surface area (Å²) in [5, 5.41) is 2.55. The zero-order valence-corrected chi connectivity index (χ0v) is 13.7. The third kappa shape index (κ3) is 4.26. The fourth-order valence-electron chi connectivity index (χ4n) is 2.26. The molecular weight excluding hydrogens is 304 g/mol. The summed E-state index contributed by atoms with van der Waals surface area (Å²) in [7, 11) is 0.0470. The van der Waals surface area contributed by atoms with Crippen molar-refractivity contribution in [1.29, 1.82) is 0 Å². The molecule has 0 aliphatic carbocycles. The van der Waals surface area contributed by atoms with Crippen molar-refractivity contribution < 1.29 is 13.2 Å². The van der Waals surface area contributed by atoms with Crippen LogP contribution in [0.3, 0.4) is 0 Å². The molecule has 7 nitrogen and oxygen atoms in total. The van der Waals surface area contributed by atoms with Crippen LogP contribution in [-0.2, 0) is 16.8 Å². The van der Waals surface area contributed by atoms with Gasteiger partial charge in [-0.05, 0) is 24.7 Å². The number of hydrogen-bond acceptors (Lipinski definition) is 4. The molecule has 1 aliphatic heterocycles. The lowest BCUT2D eigenvalue weighted by atomic mass is 10.1. The third-order valence-electron chi connectivity index (χ3n) is 3.68. The van der Waals surface area contributed by atoms with Crippen molar-refractivity contribution in [3.05, 3.63) is 35.4 Å². The van der Waals surface area contributed by atoms with Crippen LogP contribution >= 0.6 is 0 Å². The number of benzene rings is 1. The van der Waals surface area contributed by atoms with E-state index in [-0.39, 0.29) is 12.5 Å². The molecule has 2 N–H and O–H groups in total. The number of nitrogens with one attached hydrogen (secondary N) is 2. The lowest BCUT2D eigenvalue weighted by Gasteiger charge is -2.31. The van der Waals surface area contributed by atoms with Gasteiger partial charge in [0.25, 0.3) is 16.1 Å². The van der Waals surface area contributed by atoms with Gasteiger partial charge in [-0.25, -0.2) is 0 Å². The van der Waals surface area contributed by atoms with Crippen LogP contribution in [0, 0.1) is 0 Å². The maximum atomic E-state index is 12.3. The van der Waals surface area contributed by atoms with Crippen LogP contribution in [0.25, 0.3) is 0 Å². The first-order chi connectivity index (χ1) is 10.4. The van der Waals surface area contributed by atoms with E-state index in [1.54, 1.807) is 31.3 Å². The summed E-state index contributed by atoms with van der Waals surface area (Å²) in [6.45, 7) is 2.61. The van der Waals surface area contributed by atoms with E-state index in [9.17, 15) is 13.2 Å². The van der Waals surface area contributed by atoms with E-state index in [2.05, 4.69) is 14.9 Å². The standard InChI is InChI=1S/C14H22N4O3S/c1-15-14(19)13-5-3-4-12(10-13)11-16-22(20,21)18-8-6-17(2)7-9-18/h3-5,10,16H,6-9,11H2,1-2H3,(H,15,19). The molecular formula is C14H22N4O3S. The Labute approximate surface area is 131 Å². The largest absolute Gasteiger partial charge is 0.355 e. The molecule has 1 amide bonds. The van der Waals surface area contributed by atoms with Crippen LogP contribution in [0.4, 0.5) is 0 Å². The minimum atomic E-state index is -3.49. The minimum absolute atomic E-state index is 0.166. The lowest BCUT2D eigenvalue weighted by molar-refractivity contribution is 0.0963. The second-order valence-electron chi connectivity index (χ2n) is 5.31. The highest BCUT2D eigenvalue weighted by Crippen LogP contribution is 2.08. The van der Waals surface area contributed by atoms with Gasteiger partial charge in [0, 0.05) is 45.3 Å². The van der Waals surface area contributed by atoms with Gasteiger partial charge < -0.3 is 10.2 Å². The van der Waals surface area contributed by atoms with E-state index in [4.69, 9.17) is 0 Å². The molecule has 0 saturated carbocycles. The predicted molar refractivity (Wildman–Crippen MR) is 84.7 cm³/mol. The first kappa shape index (κ1) is 16.9. The first-order valence-corrected chi connectivity index (χ1v) is 8.60. The molecule has 0 aromatic heterocycles. The van der Waals surface area contributed by atoms with Crippen LogP contribution < -0.4 is 10.0 Å². The van der Waals surface area contributed by atoms with Crippen molar-refractivity contribution in [3.63, 3.8) is 0 Å². The molecule has 0 spiro atoms. The summed E-state index contributed by atoms with van der Waals surface area (Å²) in [5.74, 6) is -0.191. The SMILES string of the molecule is CNC(=O)c1cccc(CNS(=O)(=O)N2CCN(C)CC2)c1. The number of rotatable bonds is 5. The molecule has 0 unspecified atom stereocenters. The minimum Gasteiger partial charge on any atom is -0.355 e. The lowest BCUT2D eigenvalue weighted by Crippen LogP contribution is -2.50. The Morgan fingerprint density at radius 3 is 2.55 bits per heavy atom. The van der Waals surface area contributed by atoms with Gasteiger partial charge in [0.2, 0.25) is 0 Å². The van der Waals surface area contributed by atoms with E-state index < -0.39 is 10.2 Å². The van der Waals surface area contributed by atoms with Gasteiger partial charge in [-0.3, -0.25) is 4.79 Å². The van der Waals surface area contributed by atoms with Gasteiger partial charge in [0.1, 0.15) is 0 Å². The van der Waals surface area contributed by atoms with Crippen molar-refractivity contribution in [3.8, 4) is 0 Å². The molecule has 1 aromatic rings. The fraction of sp³-hybridized carbons (Fsp3) is 0.500. The smallest absolute Gasteiger partial charge is 0.279 e. The molecule has 0 bridgehead atoms. The molecule has 22 heavy (non-hydrogen) atoms. The summed E-state index contributed by atoms with van der Waals surface area (Å²) in [4.78, 5) is 13.7. The number of hydrogen-bond donors (Lipinski definition) is 2. The quantitative estimate of drug-likeness (QED) is 0.773. The number of nitrogens with zero attached hydrogens (tertiary/aromatic N) is 2. The van der Waals surface area contributed by atoms with Crippen molar-refractivity contribution in [2.75, 3.05) is 40.3 Å². The first-order valence-electron chi connectivity index (χ1n) is 7.16. The van der Waals surface area contributed by atoms with E-state index in [0.717, 1.165) is 18.7 Å². The van der Waals surface area contributed by atoms with Gasteiger partial charge in [-0.15, -0.1) is 0 Å². The number of carbonyl (C=O) groups is 1. The number of piperazine rings is 1. The van der Waals surface area contributed by atoms with E-state index in [1.807, 2.05) is 7.05 Å². The number of carbonyl (C=O) groups excluding carboxylic acids is 1. The molecule has 1 fully saturated rings. The molecule has 0 atom stereocenters. The Balaban J connectivity index is 1.98. The van der Waals surface area contributed by atoms with Crippen molar-refractivity contribution >= 4 is 16.1 Å². The van der Waals surface area contributed by atoms with E-state index in [0.29, 0.717) is 18.7 Å². The Kier molecular flexibility index (Phi) is 5.52. The monoisotopic (exact) mass is 326 g/mol. The Bertz CT molecular complexity index is 625. The van der Waals surface area contributed by atoms with Gasteiger partial charge in [-0.2, -0.15) is 17.4 Å². The second kappa shape index (κ2) is 7.19. The summed E-state index contributed by atoms with van der Waals surface area (Å²) in [5.41, 5.74) is 1.26. The number of amides is 1. The van der Waals surface area contributed by atoms with Crippen LogP contribution in [0.2, 0.25) is 0 Å². The number of likely N-dealkylation sites (N-methyl/N-ethyl adjacent to an activating group) is 1. The summed E-state index contributed by atoms with van der Waals surface area (Å²) >= 11 is 0. The highest BCUT2D eigenvalue weighted by molar-refractivity contribution is 7.87. The molecule has 0 radical (unpaired) electrons. The molecule has 1 saturated heterocycles. The average molecular weight is 326 g/mol. The maximum Gasteiger partial charge on any atom is 0.279 e. The molecule has 1 heterocycles. The van der Waals surface area contributed by atoms with Crippen molar-refractivity contribution in [2.24, 2.45) is 0 Å². The van der Waals surface area contributed by atoms with Crippen LogP contribution in [0.1, 0.15) is 15.9 Å². The zero-order chi connectivity index (χ0) is 16.2. The summed E-state index contributed by atoms with van der Waals surface area (Å²) in [6.07, 6.45) is 0. The second-order valence-corrected chi connectivity index (χ2v) is 7.06. The fourth-order valence-corrected chi connectivity index (χ4v) is 3.44. The molecule has 1 aliphatic rings. The highest BCUT2D eigenvalue weighted by Gasteiger charge is 2.25. The Morgan fingerprint density at radius 2 is 1.91 bits per heavy atom. The highest BCUT2D eigenvalue weighted by atomic mass is 32.2. The van der Waals surface area contributed by atoms with Gasteiger partial charge in [-0.1, -0.05) is 12.1 Å². The van der Waals surface area contributed by atoms with Crippen LogP contribution in [0.5, 0.6) is 0 Å². The van der Waals surface area contributed by atoms with Crippen LogP contribution in [0.15, 0.2) is 24.3 Å².